The molecule has 0 fully saturated rings. The molecule has 2 aromatic heterocycles. The molecule has 0 bridgehead atoms. The van der Waals surface area contributed by atoms with Crippen LogP contribution in [0.5, 0.6) is 0 Å². The van der Waals surface area contributed by atoms with Crippen LogP contribution >= 0.6 is 21.8 Å². The van der Waals surface area contributed by atoms with Gasteiger partial charge in [0, 0.05) is 70.1 Å². The minimum absolute atomic E-state index is 0.0948. The van der Waals surface area contributed by atoms with Crippen molar-refractivity contribution in [3.05, 3.63) is 65.1 Å². The number of anilines is 2. The third kappa shape index (κ3) is 5.19. The molecule has 4 nitrogen and oxygen atoms in total. The highest BCUT2D eigenvalue weighted by Gasteiger charge is 2.37. The van der Waals surface area contributed by atoms with Crippen LogP contribution in [0.1, 0.15) is 52.7 Å². The molecule has 0 saturated heterocycles. The Morgan fingerprint density at radius 3 is 2.30 bits per heavy atom. The molecule has 3 aromatic rings. The zero-order valence-electron chi connectivity index (χ0n) is 22.2. The van der Waals surface area contributed by atoms with E-state index < -0.39 is 22.0 Å². The normalized spacial score (nSPS) is 14.9. The number of alkyl halides is 3. The van der Waals surface area contributed by atoms with Crippen LogP contribution in [0.15, 0.2) is 48.9 Å². The average molecular weight is 553 g/mol. The first-order chi connectivity index (χ1) is 17.4. The van der Waals surface area contributed by atoms with Crippen LogP contribution in [0.3, 0.4) is 0 Å². The molecule has 1 aliphatic heterocycles. The van der Waals surface area contributed by atoms with Gasteiger partial charge in [0.2, 0.25) is 0 Å². The van der Waals surface area contributed by atoms with Crippen LogP contribution in [0.4, 0.5) is 24.7 Å². The maximum atomic E-state index is 13.7. The van der Waals surface area contributed by atoms with Crippen molar-refractivity contribution in [2.45, 2.75) is 70.0 Å². The van der Waals surface area contributed by atoms with Gasteiger partial charge in [-0.1, -0.05) is 53.1 Å². The Morgan fingerprint density at radius 1 is 1.00 bits per heavy atom. The number of pyridine rings is 1. The lowest BCUT2D eigenvalue weighted by Gasteiger charge is -2.52. The van der Waals surface area contributed by atoms with E-state index in [2.05, 4.69) is 74.3 Å². The second-order valence-corrected chi connectivity index (χ2v) is 15.5. The van der Waals surface area contributed by atoms with Gasteiger partial charge in [0.05, 0.1) is 11.3 Å². The van der Waals surface area contributed by atoms with E-state index >= 15 is 0 Å². The second-order valence-electron chi connectivity index (χ2n) is 10.4. The van der Waals surface area contributed by atoms with Crippen molar-refractivity contribution in [3.63, 3.8) is 0 Å². The summed E-state index contributed by atoms with van der Waals surface area (Å²) in [5.41, 5.74) is 2.29. The van der Waals surface area contributed by atoms with Gasteiger partial charge in [0.1, 0.15) is 5.82 Å². The third-order valence-electron chi connectivity index (χ3n) is 7.25. The smallest absolute Gasteiger partial charge is 0.367 e. The fourth-order valence-electron chi connectivity index (χ4n) is 5.87. The lowest BCUT2D eigenvalue weighted by Crippen LogP contribution is -2.34. The molecule has 1 aromatic carbocycles. The van der Waals surface area contributed by atoms with Crippen LogP contribution in [0, 0.1) is 0 Å². The quantitative estimate of drug-likeness (QED) is 0.319. The van der Waals surface area contributed by atoms with Gasteiger partial charge in [-0.3, -0.25) is 0 Å². The standard InChI is InChI=1S/C28H36ClF3N4S/c1-18(2)37(19(3)4,20(5)6)36-11-9-21(17-36)22-14-26-27(34-15-22)33-10-12-35(26)16-23-13-24(29)7-8-25(23)28(30,31)32/h7-9,11,13-15,17-20H,10,12,16H2,1-6H3,(H,33,34). The molecule has 0 amide bonds. The summed E-state index contributed by atoms with van der Waals surface area (Å²) in [6.07, 6.45) is 1.80. The first kappa shape index (κ1) is 27.7. The zero-order valence-corrected chi connectivity index (χ0v) is 23.8. The van der Waals surface area contributed by atoms with Gasteiger partial charge in [0.15, 0.2) is 0 Å². The van der Waals surface area contributed by atoms with Gasteiger partial charge < -0.3 is 14.2 Å². The SMILES string of the molecule is CC(C)S(C(C)C)(C(C)C)n1ccc(-c2cnc3c(c2)N(Cc2cc(Cl)ccc2C(F)(F)F)CCN3)c1. The Hall–Kier alpha value is -2.32. The number of aromatic nitrogens is 2. The van der Waals surface area contributed by atoms with E-state index in [0.29, 0.717) is 34.7 Å². The molecule has 0 unspecified atom stereocenters. The number of hydrogen-bond acceptors (Lipinski definition) is 3. The maximum Gasteiger partial charge on any atom is 0.416 e. The highest BCUT2D eigenvalue weighted by molar-refractivity contribution is 8.33. The van der Waals surface area contributed by atoms with Gasteiger partial charge in [-0.15, -0.1) is 0 Å². The number of rotatable bonds is 7. The highest BCUT2D eigenvalue weighted by atomic mass is 35.5. The van der Waals surface area contributed by atoms with Gasteiger partial charge in [0.25, 0.3) is 0 Å². The number of benzene rings is 1. The van der Waals surface area contributed by atoms with E-state index in [4.69, 9.17) is 11.6 Å². The molecule has 0 radical (unpaired) electrons. The van der Waals surface area contributed by atoms with E-state index in [9.17, 15) is 13.2 Å². The van der Waals surface area contributed by atoms with Gasteiger partial charge >= 0.3 is 6.18 Å². The second kappa shape index (κ2) is 10.4. The van der Waals surface area contributed by atoms with Crippen molar-refractivity contribution in [2.75, 3.05) is 23.3 Å². The van der Waals surface area contributed by atoms with Gasteiger partial charge in [-0.05, 0) is 35.9 Å². The van der Waals surface area contributed by atoms with Crippen molar-refractivity contribution < 1.29 is 13.2 Å². The lowest BCUT2D eigenvalue weighted by atomic mass is 10.0. The Labute approximate surface area is 224 Å². The molecular formula is C28H36ClF3N4S. The molecule has 1 aliphatic rings. The summed E-state index contributed by atoms with van der Waals surface area (Å²) in [5.74, 6) is 0.677. The van der Waals surface area contributed by atoms with Crippen molar-refractivity contribution in [1.29, 1.82) is 0 Å². The van der Waals surface area contributed by atoms with Crippen molar-refractivity contribution in [2.24, 2.45) is 0 Å². The Kier molecular flexibility index (Phi) is 7.82. The van der Waals surface area contributed by atoms with Crippen LogP contribution < -0.4 is 10.2 Å². The van der Waals surface area contributed by atoms with Crippen LogP contribution in [-0.2, 0) is 12.7 Å². The molecule has 202 valence electrons. The van der Waals surface area contributed by atoms with Crippen LogP contribution in [-0.4, -0.2) is 37.8 Å². The Balaban J connectivity index is 1.72. The molecule has 0 saturated carbocycles. The Morgan fingerprint density at radius 2 is 1.68 bits per heavy atom. The maximum absolute atomic E-state index is 13.7. The highest BCUT2D eigenvalue weighted by Crippen LogP contribution is 2.61. The van der Waals surface area contributed by atoms with E-state index in [1.165, 1.54) is 12.1 Å². The summed E-state index contributed by atoms with van der Waals surface area (Å²) in [6.45, 7) is 15.1. The summed E-state index contributed by atoms with van der Waals surface area (Å²) < 4.78 is 43.5. The largest absolute Gasteiger partial charge is 0.416 e. The van der Waals surface area contributed by atoms with Gasteiger partial charge in [-0.2, -0.15) is 23.4 Å². The first-order valence-electron chi connectivity index (χ1n) is 12.7. The first-order valence-corrected chi connectivity index (χ1v) is 14.8. The fraction of sp³-hybridized carbons (Fsp3) is 0.464. The van der Waals surface area contributed by atoms with Crippen molar-refractivity contribution in [1.82, 2.24) is 8.96 Å². The molecule has 37 heavy (non-hydrogen) atoms. The van der Waals surface area contributed by atoms with E-state index in [1.807, 2.05) is 17.2 Å². The summed E-state index contributed by atoms with van der Waals surface area (Å²) in [7, 11) is -1.15. The topological polar surface area (TPSA) is 33.1 Å². The predicted octanol–water partition coefficient (Wildman–Crippen LogP) is 8.45. The molecular weight excluding hydrogens is 517 g/mol. The predicted molar refractivity (Wildman–Crippen MR) is 152 cm³/mol. The lowest BCUT2D eigenvalue weighted by molar-refractivity contribution is -0.138. The molecule has 4 rings (SSSR count). The number of nitrogens with one attached hydrogen (secondary N) is 1. The monoisotopic (exact) mass is 552 g/mol. The number of nitrogens with zero attached hydrogens (tertiary/aromatic N) is 3. The minimum atomic E-state index is -4.45. The minimum Gasteiger partial charge on any atom is -0.367 e. The van der Waals surface area contributed by atoms with Crippen LogP contribution in [0.25, 0.3) is 11.1 Å². The summed E-state index contributed by atoms with van der Waals surface area (Å²) in [6, 6.07) is 7.92. The molecule has 1 N–H and O–H groups in total. The molecule has 3 heterocycles. The molecule has 0 spiro atoms. The molecule has 0 aliphatic carbocycles. The molecule has 9 heteroatoms. The van der Waals surface area contributed by atoms with E-state index in [0.717, 1.165) is 22.9 Å². The Bertz CT molecular complexity index is 1230. The van der Waals surface area contributed by atoms with Gasteiger partial charge in [-0.25, -0.2) is 4.98 Å². The van der Waals surface area contributed by atoms with E-state index in [1.54, 1.807) is 0 Å². The van der Waals surface area contributed by atoms with Crippen molar-refractivity contribution >= 4 is 33.3 Å². The van der Waals surface area contributed by atoms with Crippen LogP contribution in [0.2, 0.25) is 5.02 Å². The number of halogens is 4. The fourth-order valence-corrected chi connectivity index (χ4v) is 11.4. The number of fused-ring (bicyclic) bond motifs is 1. The zero-order chi connectivity index (χ0) is 27.1. The average Bonchev–Trinajstić information content (AvgIpc) is 3.28. The van der Waals surface area contributed by atoms with E-state index in [-0.39, 0.29) is 17.1 Å². The molecule has 0 atom stereocenters. The third-order valence-corrected chi connectivity index (χ3v) is 13.0. The summed E-state index contributed by atoms with van der Waals surface area (Å²) >= 11 is 6.08. The van der Waals surface area contributed by atoms with Crippen molar-refractivity contribution in [3.8, 4) is 11.1 Å². The summed E-state index contributed by atoms with van der Waals surface area (Å²) in [4.78, 5) is 6.60. The number of hydrogen-bond donors (Lipinski definition) is 1. The summed E-state index contributed by atoms with van der Waals surface area (Å²) in [5, 5.41) is 5.10.